The summed E-state index contributed by atoms with van der Waals surface area (Å²) in [6.45, 7) is 1.81. The molecular formula is C16H14BrClFN. The van der Waals surface area contributed by atoms with Crippen molar-refractivity contribution >= 4 is 27.5 Å². The highest BCUT2D eigenvalue weighted by Crippen LogP contribution is 2.38. The molecule has 0 unspecified atom stereocenters. The molecule has 0 atom stereocenters. The van der Waals surface area contributed by atoms with E-state index in [4.69, 9.17) is 11.6 Å². The third-order valence-corrected chi connectivity index (χ3v) is 4.96. The van der Waals surface area contributed by atoms with Crippen LogP contribution in [0.25, 0.3) is 0 Å². The summed E-state index contributed by atoms with van der Waals surface area (Å²) < 4.78 is 14.3. The van der Waals surface area contributed by atoms with Crippen molar-refractivity contribution in [1.82, 2.24) is 5.32 Å². The Balaban J connectivity index is 1.96. The van der Waals surface area contributed by atoms with E-state index in [1.807, 2.05) is 12.1 Å². The second-order valence-electron chi connectivity index (χ2n) is 5.28. The second-order valence-corrected chi connectivity index (χ2v) is 6.54. The van der Waals surface area contributed by atoms with Crippen LogP contribution in [0.2, 0.25) is 5.02 Å². The zero-order valence-electron chi connectivity index (χ0n) is 10.8. The zero-order chi connectivity index (χ0) is 14.2. The molecule has 20 heavy (non-hydrogen) atoms. The molecule has 0 aliphatic carbocycles. The van der Waals surface area contributed by atoms with Gasteiger partial charge >= 0.3 is 0 Å². The third-order valence-electron chi connectivity index (χ3n) is 3.92. The normalized spacial score (nSPS) is 16.8. The summed E-state index contributed by atoms with van der Waals surface area (Å²) in [5, 5.41) is 3.84. The molecule has 1 nitrogen and oxygen atoms in total. The molecule has 1 aliphatic rings. The summed E-state index contributed by atoms with van der Waals surface area (Å²) in [5.74, 6) is -0.291. The Morgan fingerprint density at radius 2 is 1.95 bits per heavy atom. The lowest BCUT2D eigenvalue weighted by Gasteiger charge is -2.44. The maximum Gasteiger partial charge on any atom is 0.124 e. The largest absolute Gasteiger partial charge is 0.315 e. The Bertz CT molecular complexity index is 640. The number of hydrogen-bond acceptors (Lipinski definition) is 1. The van der Waals surface area contributed by atoms with E-state index >= 15 is 0 Å². The lowest BCUT2D eigenvalue weighted by Crippen LogP contribution is -2.58. The lowest BCUT2D eigenvalue weighted by molar-refractivity contribution is 0.273. The SMILES string of the molecule is Fc1ccc(CC2(c3ccccc3Br)CNC2)c(Cl)c1. The van der Waals surface area contributed by atoms with Crippen molar-refractivity contribution in [2.75, 3.05) is 13.1 Å². The van der Waals surface area contributed by atoms with Gasteiger partial charge in [0.2, 0.25) is 0 Å². The molecule has 1 fully saturated rings. The first-order valence-electron chi connectivity index (χ1n) is 6.50. The van der Waals surface area contributed by atoms with E-state index < -0.39 is 0 Å². The molecule has 104 valence electrons. The van der Waals surface area contributed by atoms with Crippen molar-refractivity contribution in [2.24, 2.45) is 0 Å². The van der Waals surface area contributed by atoms with Gasteiger partial charge in [0.15, 0.2) is 0 Å². The summed E-state index contributed by atoms with van der Waals surface area (Å²) in [4.78, 5) is 0. The highest BCUT2D eigenvalue weighted by molar-refractivity contribution is 9.10. The summed E-state index contributed by atoms with van der Waals surface area (Å²) in [7, 11) is 0. The topological polar surface area (TPSA) is 12.0 Å². The maximum atomic E-state index is 13.2. The summed E-state index contributed by atoms with van der Waals surface area (Å²) in [6.07, 6.45) is 0.807. The van der Waals surface area contributed by atoms with Crippen molar-refractivity contribution in [3.8, 4) is 0 Å². The minimum atomic E-state index is -0.291. The first kappa shape index (κ1) is 14.1. The summed E-state index contributed by atoms with van der Waals surface area (Å²) >= 11 is 9.80. The fraction of sp³-hybridized carbons (Fsp3) is 0.250. The van der Waals surface area contributed by atoms with Crippen LogP contribution in [-0.4, -0.2) is 13.1 Å². The van der Waals surface area contributed by atoms with Crippen molar-refractivity contribution < 1.29 is 4.39 Å². The molecule has 2 aromatic rings. The minimum Gasteiger partial charge on any atom is -0.315 e. The highest BCUT2D eigenvalue weighted by atomic mass is 79.9. The van der Waals surface area contributed by atoms with E-state index in [9.17, 15) is 4.39 Å². The molecule has 1 N–H and O–H groups in total. The Hall–Kier alpha value is -0.900. The van der Waals surface area contributed by atoms with Gasteiger partial charge in [-0.15, -0.1) is 0 Å². The highest BCUT2D eigenvalue weighted by Gasteiger charge is 2.40. The van der Waals surface area contributed by atoms with Crippen molar-refractivity contribution in [3.05, 3.63) is 68.9 Å². The quantitative estimate of drug-likeness (QED) is 0.865. The van der Waals surface area contributed by atoms with Crippen LogP contribution in [-0.2, 0) is 11.8 Å². The van der Waals surface area contributed by atoms with Crippen LogP contribution in [0.4, 0.5) is 4.39 Å². The fourth-order valence-electron chi connectivity index (χ4n) is 2.76. The minimum absolute atomic E-state index is 0.0293. The Kier molecular flexibility index (Phi) is 3.85. The monoisotopic (exact) mass is 353 g/mol. The van der Waals surface area contributed by atoms with Gasteiger partial charge in [0.1, 0.15) is 5.82 Å². The third kappa shape index (κ3) is 2.50. The van der Waals surface area contributed by atoms with E-state index in [1.165, 1.54) is 17.7 Å². The molecule has 1 heterocycles. The molecule has 0 saturated carbocycles. The Morgan fingerprint density at radius 3 is 2.55 bits per heavy atom. The molecule has 0 radical (unpaired) electrons. The van der Waals surface area contributed by atoms with Crippen LogP contribution in [0, 0.1) is 5.82 Å². The average molecular weight is 355 g/mol. The van der Waals surface area contributed by atoms with Gasteiger partial charge < -0.3 is 5.32 Å². The standard InChI is InChI=1S/C16H14BrClFN/c17-14-4-2-1-3-13(14)16(9-20-10-16)8-11-5-6-12(19)7-15(11)18/h1-7,20H,8-10H2. The van der Waals surface area contributed by atoms with Gasteiger partial charge in [-0.05, 0) is 35.7 Å². The first-order chi connectivity index (χ1) is 9.61. The van der Waals surface area contributed by atoms with E-state index in [-0.39, 0.29) is 11.2 Å². The van der Waals surface area contributed by atoms with Crippen molar-refractivity contribution in [1.29, 1.82) is 0 Å². The molecule has 1 aliphatic heterocycles. The van der Waals surface area contributed by atoms with Gasteiger partial charge in [-0.1, -0.05) is 51.8 Å². The zero-order valence-corrected chi connectivity index (χ0v) is 13.1. The van der Waals surface area contributed by atoms with Crippen LogP contribution in [0.3, 0.4) is 0 Å². The van der Waals surface area contributed by atoms with Crippen LogP contribution in [0.5, 0.6) is 0 Å². The second kappa shape index (κ2) is 5.47. The number of halogens is 3. The molecule has 2 aromatic carbocycles. The van der Waals surface area contributed by atoms with Crippen LogP contribution >= 0.6 is 27.5 Å². The number of rotatable bonds is 3. The van der Waals surface area contributed by atoms with Crippen LogP contribution in [0.1, 0.15) is 11.1 Å². The maximum absolute atomic E-state index is 13.2. The molecule has 0 spiro atoms. The van der Waals surface area contributed by atoms with Gasteiger partial charge in [-0.2, -0.15) is 0 Å². The van der Waals surface area contributed by atoms with Crippen molar-refractivity contribution in [3.63, 3.8) is 0 Å². The van der Waals surface area contributed by atoms with Gasteiger partial charge in [0.05, 0.1) is 0 Å². The molecule has 1 saturated heterocycles. The molecular weight excluding hydrogens is 341 g/mol. The summed E-state index contributed by atoms with van der Waals surface area (Å²) in [5.41, 5.74) is 2.30. The average Bonchev–Trinajstić information content (AvgIpc) is 2.37. The van der Waals surface area contributed by atoms with Gasteiger partial charge in [-0.25, -0.2) is 4.39 Å². The molecule has 3 rings (SSSR count). The predicted octanol–water partition coefficient (Wildman–Crippen LogP) is 4.33. The lowest BCUT2D eigenvalue weighted by atomic mass is 9.71. The van der Waals surface area contributed by atoms with Crippen molar-refractivity contribution in [2.45, 2.75) is 11.8 Å². The Labute approximate surface area is 131 Å². The van der Waals surface area contributed by atoms with E-state index in [0.29, 0.717) is 5.02 Å². The number of hydrogen-bond donors (Lipinski definition) is 1. The smallest absolute Gasteiger partial charge is 0.124 e. The predicted molar refractivity (Wildman–Crippen MR) is 83.8 cm³/mol. The first-order valence-corrected chi connectivity index (χ1v) is 7.67. The Morgan fingerprint density at radius 1 is 1.20 bits per heavy atom. The van der Waals surface area contributed by atoms with Gasteiger partial charge in [0, 0.05) is 28.0 Å². The number of nitrogens with one attached hydrogen (secondary N) is 1. The van der Waals surface area contributed by atoms with Gasteiger partial charge in [0.25, 0.3) is 0 Å². The van der Waals surface area contributed by atoms with E-state index in [0.717, 1.165) is 29.5 Å². The van der Waals surface area contributed by atoms with E-state index in [2.05, 4.69) is 33.4 Å². The van der Waals surface area contributed by atoms with Crippen LogP contribution in [0.15, 0.2) is 46.9 Å². The van der Waals surface area contributed by atoms with E-state index in [1.54, 1.807) is 6.07 Å². The molecule has 0 aromatic heterocycles. The van der Waals surface area contributed by atoms with Crippen LogP contribution < -0.4 is 5.32 Å². The molecule has 0 bridgehead atoms. The van der Waals surface area contributed by atoms with Gasteiger partial charge in [-0.3, -0.25) is 0 Å². The molecule has 4 heteroatoms. The number of benzene rings is 2. The molecule has 0 amide bonds. The fourth-order valence-corrected chi connectivity index (χ4v) is 3.70. The summed E-state index contributed by atoms with van der Waals surface area (Å²) in [6, 6.07) is 12.9.